The lowest BCUT2D eigenvalue weighted by atomic mass is 9.92. The fourth-order valence-corrected chi connectivity index (χ4v) is 3.14. The van der Waals surface area contributed by atoms with Crippen LogP contribution < -0.4 is 10.1 Å². The van der Waals surface area contributed by atoms with Crippen molar-refractivity contribution >= 4 is 9.84 Å². The summed E-state index contributed by atoms with van der Waals surface area (Å²) in [5.41, 5.74) is 0. The maximum absolute atomic E-state index is 11.4. The van der Waals surface area contributed by atoms with E-state index >= 15 is 0 Å². The molecule has 2 atom stereocenters. The molecule has 1 aromatic carbocycles. The highest BCUT2D eigenvalue weighted by atomic mass is 32.2. The van der Waals surface area contributed by atoms with Gasteiger partial charge in [-0.25, -0.2) is 8.42 Å². The van der Waals surface area contributed by atoms with Crippen molar-refractivity contribution in [1.29, 1.82) is 0 Å². The summed E-state index contributed by atoms with van der Waals surface area (Å²) in [6, 6.07) is 7.04. The van der Waals surface area contributed by atoms with Crippen molar-refractivity contribution in [3.63, 3.8) is 0 Å². The second-order valence-corrected chi connectivity index (χ2v) is 7.10. The first-order chi connectivity index (χ1) is 9.00. The van der Waals surface area contributed by atoms with E-state index in [1.807, 2.05) is 7.05 Å². The minimum Gasteiger partial charge on any atom is -0.489 e. The third-order valence-electron chi connectivity index (χ3n) is 3.61. The van der Waals surface area contributed by atoms with Crippen LogP contribution in [0.25, 0.3) is 0 Å². The first kappa shape index (κ1) is 14.3. The van der Waals surface area contributed by atoms with E-state index < -0.39 is 9.84 Å². The van der Waals surface area contributed by atoms with Gasteiger partial charge in [0.25, 0.3) is 0 Å². The fourth-order valence-electron chi connectivity index (χ4n) is 2.51. The zero-order valence-corrected chi connectivity index (χ0v) is 12.2. The summed E-state index contributed by atoms with van der Waals surface area (Å²) >= 11 is 0. The summed E-state index contributed by atoms with van der Waals surface area (Å²) in [6.07, 6.45) is 5.97. The molecular weight excluding hydrogens is 262 g/mol. The quantitative estimate of drug-likeness (QED) is 0.918. The average molecular weight is 283 g/mol. The van der Waals surface area contributed by atoms with E-state index in [4.69, 9.17) is 4.74 Å². The number of hydrogen-bond donors (Lipinski definition) is 1. The van der Waals surface area contributed by atoms with Gasteiger partial charge in [-0.05, 0) is 50.6 Å². The van der Waals surface area contributed by atoms with Crippen molar-refractivity contribution in [2.75, 3.05) is 13.3 Å². The van der Waals surface area contributed by atoms with Crippen LogP contribution in [0.2, 0.25) is 0 Å². The first-order valence-corrected chi connectivity index (χ1v) is 8.54. The van der Waals surface area contributed by atoms with E-state index in [0.29, 0.717) is 10.9 Å². The molecule has 0 amide bonds. The second-order valence-electron chi connectivity index (χ2n) is 5.08. The van der Waals surface area contributed by atoms with Crippen molar-refractivity contribution in [1.82, 2.24) is 5.32 Å². The zero-order chi connectivity index (χ0) is 13.9. The van der Waals surface area contributed by atoms with Gasteiger partial charge in [-0.3, -0.25) is 0 Å². The Morgan fingerprint density at radius 1 is 1.16 bits per heavy atom. The largest absolute Gasteiger partial charge is 0.489 e. The molecule has 4 nitrogen and oxygen atoms in total. The van der Waals surface area contributed by atoms with Crippen molar-refractivity contribution in [3.8, 4) is 5.75 Å². The molecule has 106 valence electrons. The number of rotatable bonds is 4. The second kappa shape index (κ2) is 5.92. The molecule has 19 heavy (non-hydrogen) atoms. The van der Waals surface area contributed by atoms with Gasteiger partial charge in [0.2, 0.25) is 0 Å². The molecule has 1 N–H and O–H groups in total. The Bertz CT molecular complexity index is 510. The van der Waals surface area contributed by atoms with Gasteiger partial charge in [-0.1, -0.05) is 6.42 Å². The summed E-state index contributed by atoms with van der Waals surface area (Å²) in [6.45, 7) is 0. The van der Waals surface area contributed by atoms with Crippen LogP contribution in [-0.4, -0.2) is 33.9 Å². The molecule has 2 unspecified atom stereocenters. The van der Waals surface area contributed by atoms with Crippen LogP contribution in [-0.2, 0) is 9.84 Å². The Balaban J connectivity index is 2.06. The molecule has 1 fully saturated rings. The van der Waals surface area contributed by atoms with Gasteiger partial charge in [0.15, 0.2) is 9.84 Å². The standard InChI is InChI=1S/C14H21NO3S/c1-15-13-5-3-4-6-14(13)18-11-7-9-12(10-8-11)19(2,16)17/h7-10,13-15H,3-6H2,1-2H3. The van der Waals surface area contributed by atoms with Crippen LogP contribution >= 0.6 is 0 Å². The molecule has 0 aliphatic heterocycles. The lowest BCUT2D eigenvalue weighted by Crippen LogP contribution is -2.43. The molecule has 0 bridgehead atoms. The topological polar surface area (TPSA) is 55.4 Å². The number of hydrogen-bond acceptors (Lipinski definition) is 4. The Labute approximate surface area is 115 Å². The number of benzene rings is 1. The van der Waals surface area contributed by atoms with E-state index in [-0.39, 0.29) is 6.10 Å². The summed E-state index contributed by atoms with van der Waals surface area (Å²) in [4.78, 5) is 0.327. The Kier molecular flexibility index (Phi) is 4.47. The summed E-state index contributed by atoms with van der Waals surface area (Å²) < 4.78 is 28.7. The van der Waals surface area contributed by atoms with Crippen LogP contribution in [0.5, 0.6) is 5.75 Å². The predicted octanol–water partition coefficient (Wildman–Crippen LogP) is 2.00. The Hall–Kier alpha value is -1.07. The Morgan fingerprint density at radius 3 is 2.37 bits per heavy atom. The molecule has 1 aliphatic rings. The SMILES string of the molecule is CNC1CCCCC1Oc1ccc(S(C)(=O)=O)cc1. The molecule has 1 aromatic rings. The monoisotopic (exact) mass is 283 g/mol. The van der Waals surface area contributed by atoms with Crippen LogP contribution in [0.15, 0.2) is 29.2 Å². The highest BCUT2D eigenvalue weighted by Gasteiger charge is 2.25. The minimum atomic E-state index is -3.14. The lowest BCUT2D eigenvalue weighted by molar-refractivity contribution is 0.118. The average Bonchev–Trinajstić information content (AvgIpc) is 2.39. The molecule has 0 saturated heterocycles. The summed E-state index contributed by atoms with van der Waals surface area (Å²) in [7, 11) is -1.18. The maximum Gasteiger partial charge on any atom is 0.175 e. The number of nitrogens with one attached hydrogen (secondary N) is 1. The molecule has 0 spiro atoms. The van der Waals surface area contributed by atoms with Crippen molar-refractivity contribution < 1.29 is 13.2 Å². The van der Waals surface area contributed by atoms with Crippen LogP contribution in [0.3, 0.4) is 0 Å². The molecule has 5 heteroatoms. The molecule has 0 radical (unpaired) electrons. The zero-order valence-electron chi connectivity index (χ0n) is 11.4. The molecule has 0 aromatic heterocycles. The lowest BCUT2D eigenvalue weighted by Gasteiger charge is -2.31. The molecule has 2 rings (SSSR count). The highest BCUT2D eigenvalue weighted by molar-refractivity contribution is 7.90. The van der Waals surface area contributed by atoms with Crippen molar-refractivity contribution in [2.45, 2.75) is 42.7 Å². The van der Waals surface area contributed by atoms with E-state index in [2.05, 4.69) is 5.32 Å². The first-order valence-electron chi connectivity index (χ1n) is 6.65. The predicted molar refractivity (Wildman–Crippen MR) is 75.3 cm³/mol. The van der Waals surface area contributed by atoms with Gasteiger partial charge in [0.1, 0.15) is 11.9 Å². The van der Waals surface area contributed by atoms with E-state index in [1.54, 1.807) is 24.3 Å². The molecule has 0 heterocycles. The van der Waals surface area contributed by atoms with Crippen molar-refractivity contribution in [3.05, 3.63) is 24.3 Å². The molecule has 1 saturated carbocycles. The maximum atomic E-state index is 11.4. The third kappa shape index (κ3) is 3.70. The summed E-state index contributed by atoms with van der Waals surface area (Å²) in [5.74, 6) is 0.736. The van der Waals surface area contributed by atoms with Gasteiger partial charge in [-0.2, -0.15) is 0 Å². The minimum absolute atomic E-state index is 0.169. The normalized spacial score (nSPS) is 24.1. The highest BCUT2D eigenvalue weighted by Crippen LogP contribution is 2.24. The Morgan fingerprint density at radius 2 is 1.79 bits per heavy atom. The van der Waals surface area contributed by atoms with Gasteiger partial charge in [-0.15, -0.1) is 0 Å². The van der Waals surface area contributed by atoms with E-state index in [9.17, 15) is 8.42 Å². The van der Waals surface area contributed by atoms with Gasteiger partial charge in [0, 0.05) is 12.3 Å². The van der Waals surface area contributed by atoms with Gasteiger partial charge >= 0.3 is 0 Å². The number of likely N-dealkylation sites (N-methyl/N-ethyl adjacent to an activating group) is 1. The summed E-state index contributed by atoms with van der Waals surface area (Å²) in [5, 5.41) is 3.29. The van der Waals surface area contributed by atoms with E-state index in [1.165, 1.54) is 19.1 Å². The molecular formula is C14H21NO3S. The van der Waals surface area contributed by atoms with Gasteiger partial charge in [0.05, 0.1) is 4.90 Å². The fraction of sp³-hybridized carbons (Fsp3) is 0.571. The van der Waals surface area contributed by atoms with Crippen LogP contribution in [0, 0.1) is 0 Å². The third-order valence-corrected chi connectivity index (χ3v) is 4.74. The van der Waals surface area contributed by atoms with Crippen LogP contribution in [0.4, 0.5) is 0 Å². The smallest absolute Gasteiger partial charge is 0.175 e. The molecule has 1 aliphatic carbocycles. The number of ether oxygens (including phenoxy) is 1. The van der Waals surface area contributed by atoms with Gasteiger partial charge < -0.3 is 10.1 Å². The van der Waals surface area contributed by atoms with E-state index in [0.717, 1.165) is 18.6 Å². The van der Waals surface area contributed by atoms with Crippen LogP contribution in [0.1, 0.15) is 25.7 Å². The number of sulfone groups is 1. The van der Waals surface area contributed by atoms with Crippen molar-refractivity contribution in [2.24, 2.45) is 0 Å².